The molecule has 0 radical (unpaired) electrons. The van der Waals surface area contributed by atoms with Crippen molar-refractivity contribution in [1.29, 1.82) is 0 Å². The molecule has 24 heavy (non-hydrogen) atoms. The monoisotopic (exact) mass is 325 g/mol. The van der Waals surface area contributed by atoms with Gasteiger partial charge in [0.1, 0.15) is 17.5 Å². The van der Waals surface area contributed by atoms with Gasteiger partial charge in [-0.25, -0.2) is 13.8 Å². The summed E-state index contributed by atoms with van der Waals surface area (Å²) in [6.07, 6.45) is 5.53. The number of nitrogens with zero attached hydrogens (tertiary/aromatic N) is 2. The first-order chi connectivity index (χ1) is 11.7. The number of hydrogen-bond acceptors (Lipinski definition) is 2. The van der Waals surface area contributed by atoms with E-state index in [4.69, 9.17) is 4.98 Å². The van der Waals surface area contributed by atoms with Crippen LogP contribution in [0.1, 0.15) is 18.7 Å². The summed E-state index contributed by atoms with van der Waals surface area (Å²) in [7, 11) is 0. The second-order valence-corrected chi connectivity index (χ2v) is 6.05. The van der Waals surface area contributed by atoms with Crippen LogP contribution in [-0.2, 0) is 13.0 Å². The van der Waals surface area contributed by atoms with E-state index in [1.165, 1.54) is 25.0 Å². The standard InChI is InChI=1S/C19H17F2N3/c20-14-9-15(21)11-17(10-14)22-16-6-4-13(5-7-16)18-12-24-8-2-1-3-19(24)23-18/h4-7,9-12,22H,1-3,8H2. The van der Waals surface area contributed by atoms with E-state index in [9.17, 15) is 8.78 Å². The van der Waals surface area contributed by atoms with Crippen molar-refractivity contribution in [1.82, 2.24) is 9.55 Å². The van der Waals surface area contributed by atoms with Crippen LogP contribution in [0.4, 0.5) is 20.2 Å². The van der Waals surface area contributed by atoms with E-state index in [1.807, 2.05) is 24.3 Å². The van der Waals surface area contributed by atoms with Crippen molar-refractivity contribution < 1.29 is 8.78 Å². The SMILES string of the molecule is Fc1cc(F)cc(Nc2ccc(-c3cn4c(n3)CCCC4)cc2)c1. The first-order valence-electron chi connectivity index (χ1n) is 8.07. The summed E-state index contributed by atoms with van der Waals surface area (Å²) in [5.41, 5.74) is 3.16. The maximum Gasteiger partial charge on any atom is 0.128 e. The molecule has 2 heterocycles. The highest BCUT2D eigenvalue weighted by atomic mass is 19.1. The molecule has 1 aliphatic rings. The van der Waals surface area contributed by atoms with Crippen LogP contribution < -0.4 is 5.32 Å². The Kier molecular flexibility index (Phi) is 3.76. The third-order valence-electron chi connectivity index (χ3n) is 4.24. The van der Waals surface area contributed by atoms with Gasteiger partial charge in [-0.3, -0.25) is 0 Å². The van der Waals surface area contributed by atoms with Crippen molar-refractivity contribution in [3.05, 3.63) is 66.1 Å². The number of benzene rings is 2. The van der Waals surface area contributed by atoms with E-state index in [-0.39, 0.29) is 0 Å². The highest BCUT2D eigenvalue weighted by Gasteiger charge is 2.13. The van der Waals surface area contributed by atoms with E-state index in [2.05, 4.69) is 16.1 Å². The summed E-state index contributed by atoms with van der Waals surface area (Å²) >= 11 is 0. The number of halogens is 2. The zero-order valence-corrected chi connectivity index (χ0v) is 13.1. The molecule has 3 aromatic rings. The maximum absolute atomic E-state index is 13.2. The summed E-state index contributed by atoms with van der Waals surface area (Å²) in [6.45, 7) is 1.03. The Balaban J connectivity index is 1.55. The molecular weight excluding hydrogens is 308 g/mol. The van der Waals surface area contributed by atoms with Gasteiger partial charge in [0.2, 0.25) is 0 Å². The Morgan fingerprint density at radius 2 is 1.67 bits per heavy atom. The van der Waals surface area contributed by atoms with Gasteiger partial charge in [0, 0.05) is 42.2 Å². The lowest BCUT2D eigenvalue weighted by Crippen LogP contribution is -2.08. The molecule has 0 saturated heterocycles. The molecule has 2 aromatic carbocycles. The van der Waals surface area contributed by atoms with E-state index in [0.29, 0.717) is 5.69 Å². The highest BCUT2D eigenvalue weighted by Crippen LogP contribution is 2.25. The summed E-state index contributed by atoms with van der Waals surface area (Å²) in [6, 6.07) is 11.1. The van der Waals surface area contributed by atoms with Crippen LogP contribution in [0.5, 0.6) is 0 Å². The molecule has 0 saturated carbocycles. The zero-order valence-electron chi connectivity index (χ0n) is 13.1. The van der Waals surface area contributed by atoms with Gasteiger partial charge >= 0.3 is 0 Å². The highest BCUT2D eigenvalue weighted by molar-refractivity contribution is 5.66. The number of nitrogens with one attached hydrogen (secondary N) is 1. The predicted molar refractivity (Wildman–Crippen MR) is 90.2 cm³/mol. The Bertz CT molecular complexity index is 825. The quantitative estimate of drug-likeness (QED) is 0.741. The van der Waals surface area contributed by atoms with Crippen LogP contribution in [-0.4, -0.2) is 9.55 Å². The molecule has 4 rings (SSSR count). The fourth-order valence-corrected chi connectivity index (χ4v) is 3.07. The normalized spacial score (nSPS) is 13.6. The van der Waals surface area contributed by atoms with Gasteiger partial charge in [0.05, 0.1) is 5.69 Å². The molecule has 0 aliphatic carbocycles. The summed E-state index contributed by atoms with van der Waals surface area (Å²) < 4.78 is 28.7. The van der Waals surface area contributed by atoms with Crippen LogP contribution in [0.3, 0.4) is 0 Å². The lowest BCUT2D eigenvalue weighted by molar-refractivity contribution is 0.522. The Morgan fingerprint density at radius 1 is 0.917 bits per heavy atom. The molecule has 0 atom stereocenters. The molecule has 0 bridgehead atoms. The Labute approximate surface area is 139 Å². The van der Waals surface area contributed by atoms with Crippen molar-refractivity contribution in [2.24, 2.45) is 0 Å². The predicted octanol–water partition coefficient (Wildman–Crippen LogP) is 4.91. The van der Waals surface area contributed by atoms with Crippen LogP contribution >= 0.6 is 0 Å². The Hall–Kier alpha value is -2.69. The van der Waals surface area contributed by atoms with E-state index in [0.717, 1.165) is 41.8 Å². The van der Waals surface area contributed by atoms with Gasteiger partial charge in [-0.2, -0.15) is 0 Å². The van der Waals surface area contributed by atoms with E-state index >= 15 is 0 Å². The maximum atomic E-state index is 13.2. The van der Waals surface area contributed by atoms with Gasteiger partial charge < -0.3 is 9.88 Å². The van der Waals surface area contributed by atoms with Crippen molar-refractivity contribution in [3.8, 4) is 11.3 Å². The van der Waals surface area contributed by atoms with Gasteiger partial charge in [0.25, 0.3) is 0 Å². The fourth-order valence-electron chi connectivity index (χ4n) is 3.07. The zero-order chi connectivity index (χ0) is 16.5. The summed E-state index contributed by atoms with van der Waals surface area (Å²) in [4.78, 5) is 4.70. The lowest BCUT2D eigenvalue weighted by atomic mass is 10.1. The summed E-state index contributed by atoms with van der Waals surface area (Å²) in [5, 5.41) is 3.01. The topological polar surface area (TPSA) is 29.9 Å². The van der Waals surface area contributed by atoms with Gasteiger partial charge in [-0.15, -0.1) is 0 Å². The molecular formula is C19H17F2N3. The lowest BCUT2D eigenvalue weighted by Gasteiger charge is -2.11. The second-order valence-electron chi connectivity index (χ2n) is 6.05. The van der Waals surface area contributed by atoms with Gasteiger partial charge in [-0.05, 0) is 37.1 Å². The minimum Gasteiger partial charge on any atom is -0.355 e. The van der Waals surface area contributed by atoms with Crippen molar-refractivity contribution >= 4 is 11.4 Å². The molecule has 1 aromatic heterocycles. The van der Waals surface area contributed by atoms with Crippen LogP contribution in [0, 0.1) is 11.6 Å². The molecule has 1 aliphatic heterocycles. The van der Waals surface area contributed by atoms with Crippen LogP contribution in [0.2, 0.25) is 0 Å². The summed E-state index contributed by atoms with van der Waals surface area (Å²) in [5.74, 6) is -0.0518. The van der Waals surface area contributed by atoms with E-state index in [1.54, 1.807) is 0 Å². The number of rotatable bonds is 3. The second kappa shape index (κ2) is 6.07. The number of aryl methyl sites for hydroxylation is 2. The average Bonchev–Trinajstić information content (AvgIpc) is 2.98. The molecule has 0 fully saturated rings. The average molecular weight is 325 g/mol. The number of fused-ring (bicyclic) bond motifs is 1. The first-order valence-corrected chi connectivity index (χ1v) is 8.07. The molecule has 0 spiro atoms. The van der Waals surface area contributed by atoms with Gasteiger partial charge in [-0.1, -0.05) is 12.1 Å². The molecule has 1 N–H and O–H groups in total. The Morgan fingerprint density at radius 3 is 2.38 bits per heavy atom. The molecule has 0 unspecified atom stereocenters. The number of hydrogen-bond donors (Lipinski definition) is 1. The van der Waals surface area contributed by atoms with Crippen molar-refractivity contribution in [2.45, 2.75) is 25.8 Å². The third kappa shape index (κ3) is 3.02. The minimum atomic E-state index is -0.599. The first kappa shape index (κ1) is 14.9. The smallest absolute Gasteiger partial charge is 0.128 e. The van der Waals surface area contributed by atoms with Crippen LogP contribution in [0.25, 0.3) is 11.3 Å². The van der Waals surface area contributed by atoms with Crippen molar-refractivity contribution in [2.75, 3.05) is 5.32 Å². The number of anilines is 2. The minimum absolute atomic E-state index is 0.387. The third-order valence-corrected chi connectivity index (χ3v) is 4.24. The van der Waals surface area contributed by atoms with Gasteiger partial charge in [0.15, 0.2) is 0 Å². The largest absolute Gasteiger partial charge is 0.355 e. The van der Waals surface area contributed by atoms with E-state index < -0.39 is 11.6 Å². The van der Waals surface area contributed by atoms with Crippen molar-refractivity contribution in [3.63, 3.8) is 0 Å². The molecule has 0 amide bonds. The number of imidazole rings is 1. The molecule has 122 valence electrons. The number of aromatic nitrogens is 2. The fraction of sp³-hybridized carbons (Fsp3) is 0.211. The van der Waals surface area contributed by atoms with Crippen LogP contribution in [0.15, 0.2) is 48.7 Å². The molecule has 5 heteroatoms. The molecule has 3 nitrogen and oxygen atoms in total.